The minimum atomic E-state index is -5.08. The fourth-order valence-corrected chi connectivity index (χ4v) is 9.82. The number of fused-ring (bicyclic) bond motifs is 4. The Bertz CT molecular complexity index is 3200. The van der Waals surface area contributed by atoms with Crippen molar-refractivity contribution in [3.8, 4) is 0 Å². The van der Waals surface area contributed by atoms with E-state index in [1.54, 1.807) is 20.0 Å². The Morgan fingerprint density at radius 3 is 1.93 bits per heavy atom. The van der Waals surface area contributed by atoms with Gasteiger partial charge in [0.2, 0.25) is 53.2 Å². The third-order valence-electron chi connectivity index (χ3n) is 14.3. The Kier molecular flexibility index (Phi) is 25.4. The minimum Gasteiger partial charge on any atom is -0.475 e. The van der Waals surface area contributed by atoms with E-state index in [9.17, 15) is 56.3 Å². The van der Waals surface area contributed by atoms with Crippen molar-refractivity contribution < 1.29 is 66.2 Å². The van der Waals surface area contributed by atoms with Crippen LogP contribution in [0.15, 0.2) is 67.3 Å². The van der Waals surface area contributed by atoms with Gasteiger partial charge in [-0.3, -0.25) is 48.5 Å². The Morgan fingerprint density at radius 2 is 1.32 bits per heavy atom. The second-order valence-electron chi connectivity index (χ2n) is 22.7. The van der Waals surface area contributed by atoms with Gasteiger partial charge in [-0.15, -0.1) is 0 Å². The van der Waals surface area contributed by atoms with Gasteiger partial charge in [0.1, 0.15) is 30.2 Å². The minimum absolute atomic E-state index is 0.0313. The lowest BCUT2D eigenvalue weighted by Gasteiger charge is -2.28. The summed E-state index contributed by atoms with van der Waals surface area (Å²) in [5.74, 6) is -8.85. The molecule has 474 valence electrons. The molecule has 29 heteroatoms. The lowest BCUT2D eigenvalue weighted by atomic mass is 9.97. The molecule has 5 aromatic rings. The van der Waals surface area contributed by atoms with Crippen molar-refractivity contribution in [3.05, 3.63) is 89.8 Å². The molecule has 6 rings (SSSR count). The number of benzene rings is 2. The smallest absolute Gasteiger partial charge is 0.475 e. The molecule has 1 aliphatic rings. The van der Waals surface area contributed by atoms with Crippen LogP contribution < -0.4 is 59.3 Å². The van der Waals surface area contributed by atoms with Crippen LogP contribution in [-0.2, 0) is 73.8 Å². The number of hydrogen-bond acceptors (Lipinski definition) is 13. The number of carbonyl (C=O) groups excluding carboxylic acids is 9. The van der Waals surface area contributed by atoms with E-state index in [1.807, 2.05) is 76.2 Å². The molecule has 8 atom stereocenters. The molecule has 0 saturated carbocycles. The second kappa shape index (κ2) is 32.0. The lowest BCUT2D eigenvalue weighted by Crippen LogP contribution is -2.60. The summed E-state index contributed by atoms with van der Waals surface area (Å²) in [6.07, 6.45) is 0.507. The number of alkyl halides is 3. The first-order valence-electron chi connectivity index (χ1n) is 28.5. The highest BCUT2D eigenvalue weighted by molar-refractivity contribution is 5.98. The number of H-pyrrole nitrogens is 3. The highest BCUT2D eigenvalue weighted by Gasteiger charge is 2.39. The summed E-state index contributed by atoms with van der Waals surface area (Å²) in [5.41, 5.74) is 16.0. The Balaban J connectivity index is 0.00000185. The summed E-state index contributed by atoms with van der Waals surface area (Å²) in [5, 5.41) is 34.4. The number of carboxylic acid groups (broad SMARTS) is 1. The second-order valence-corrected chi connectivity index (χ2v) is 22.7. The maximum absolute atomic E-state index is 14.3. The number of aliphatic carboxylic acids is 1. The van der Waals surface area contributed by atoms with Crippen LogP contribution in [0.3, 0.4) is 0 Å². The summed E-state index contributed by atoms with van der Waals surface area (Å²) < 4.78 is 31.7. The van der Waals surface area contributed by atoms with Gasteiger partial charge in [-0.05, 0) is 73.6 Å². The van der Waals surface area contributed by atoms with E-state index in [2.05, 4.69) is 67.8 Å². The van der Waals surface area contributed by atoms with Crippen LogP contribution in [0.1, 0.15) is 96.7 Å². The first kappa shape index (κ1) is 68.9. The summed E-state index contributed by atoms with van der Waals surface area (Å²) >= 11 is 0. The molecule has 9 amide bonds. The normalized spacial score (nSPS) is 15.5. The van der Waals surface area contributed by atoms with Gasteiger partial charge in [0, 0.05) is 84.0 Å². The third kappa shape index (κ3) is 21.3. The van der Waals surface area contributed by atoms with E-state index < -0.39 is 126 Å². The van der Waals surface area contributed by atoms with Crippen molar-refractivity contribution in [2.75, 3.05) is 13.1 Å². The number of para-hydroxylation sites is 2. The molecule has 0 saturated heterocycles. The van der Waals surface area contributed by atoms with Crippen molar-refractivity contribution in [2.45, 2.75) is 154 Å². The number of nitrogens with two attached hydrogens (primary N) is 2. The van der Waals surface area contributed by atoms with Crippen LogP contribution in [0.5, 0.6) is 0 Å². The Morgan fingerprint density at radius 1 is 0.701 bits per heavy atom. The van der Waals surface area contributed by atoms with Gasteiger partial charge in [0.05, 0.1) is 25.0 Å². The van der Waals surface area contributed by atoms with E-state index in [4.69, 9.17) is 21.4 Å². The van der Waals surface area contributed by atoms with Gasteiger partial charge < -0.3 is 74.1 Å². The fourth-order valence-electron chi connectivity index (χ4n) is 9.82. The molecular weight excluding hydrogens is 1140 g/mol. The Labute approximate surface area is 500 Å². The molecule has 17 N–H and O–H groups in total. The monoisotopic (exact) mass is 1220 g/mol. The highest BCUT2D eigenvalue weighted by Crippen LogP contribution is 2.27. The maximum atomic E-state index is 14.3. The number of aromatic amines is 3. The third-order valence-corrected chi connectivity index (χ3v) is 14.3. The first-order valence-corrected chi connectivity index (χ1v) is 28.5. The molecule has 1 aliphatic heterocycles. The van der Waals surface area contributed by atoms with Gasteiger partial charge >= 0.3 is 12.1 Å². The number of carbonyl (C=O) groups is 10. The van der Waals surface area contributed by atoms with Crippen molar-refractivity contribution >= 4 is 80.9 Å². The maximum Gasteiger partial charge on any atom is 0.490 e. The SMILES string of the molecule is CC(C)CC(CNC(CC(C)C)C(N)=O)NC(=O)C(Cc1cnc[nH]1)NC(=O)CNC(=O)C(NC(=O)C(C)NC(=O)C(Cc1c[nH]c2ccccc12)NC(=O)C(CCC(N)=O)NC(=O)C1Cc2c([nH]c3ccccc23)CN1)C(C)C.O=C(O)C(F)(F)F. The molecule has 87 heavy (non-hydrogen) atoms. The number of nitrogens with zero attached hydrogens (tertiary/aromatic N) is 1. The molecule has 0 fully saturated rings. The molecule has 4 heterocycles. The lowest BCUT2D eigenvalue weighted by molar-refractivity contribution is -0.192. The molecule has 3 aromatic heterocycles. The molecular formula is C58H80F3N15O11. The van der Waals surface area contributed by atoms with Gasteiger partial charge in [-0.1, -0.05) is 77.9 Å². The molecule has 8 unspecified atom stereocenters. The van der Waals surface area contributed by atoms with Crippen LogP contribution >= 0.6 is 0 Å². The molecule has 26 nitrogen and oxygen atoms in total. The standard InChI is InChI=1S/C56H79N15O9.C2HF3O2/c1-29(2)18-35(25-61-42(50(58)74)19-30(3)4)66-55(79)45(21-34-24-59-28-64-34)68-48(73)27-63-56(80)49(31(5)6)71-51(75)32(7)65-54(78)44(20-33-23-60-39-14-10-8-12-36(33)39)70-52(76)41(16-17-47(57)72)69-53(77)43-22-38-37-13-9-11-15-40(37)67-46(38)26-62-43;3-2(4,5)1(6)7/h8-15,23-24,28-32,35,41-45,49,60-62,67H,16-22,25-27H2,1-7H3,(H2,57,72)(H2,58,74)(H,59,64)(H,63,80)(H,65,78)(H,66,79)(H,68,73)(H,69,77)(H,70,76)(H,71,75);(H,6,7). The van der Waals surface area contributed by atoms with E-state index in [0.29, 0.717) is 37.1 Å². The zero-order valence-corrected chi connectivity index (χ0v) is 49.5. The fraction of sp³-hybridized carbons (Fsp3) is 0.500. The van der Waals surface area contributed by atoms with Crippen LogP contribution in [-0.4, -0.2) is 152 Å². The number of nitrogens with one attached hydrogen (secondary N) is 12. The van der Waals surface area contributed by atoms with Crippen LogP contribution in [0.2, 0.25) is 0 Å². The predicted octanol–water partition coefficient (Wildman–Crippen LogP) is 1.01. The predicted molar refractivity (Wildman–Crippen MR) is 314 cm³/mol. The van der Waals surface area contributed by atoms with Crippen LogP contribution in [0, 0.1) is 17.8 Å². The van der Waals surface area contributed by atoms with Crippen molar-refractivity contribution in [3.63, 3.8) is 0 Å². The van der Waals surface area contributed by atoms with E-state index in [-0.39, 0.29) is 44.1 Å². The number of hydrogen-bond donors (Lipinski definition) is 15. The number of aromatic nitrogens is 4. The average molecular weight is 1220 g/mol. The molecule has 0 bridgehead atoms. The molecule has 2 aromatic carbocycles. The molecule has 0 spiro atoms. The van der Waals surface area contributed by atoms with E-state index >= 15 is 0 Å². The van der Waals surface area contributed by atoms with Crippen LogP contribution in [0.25, 0.3) is 21.8 Å². The summed E-state index contributed by atoms with van der Waals surface area (Å²) in [6.45, 7) is 12.7. The molecule has 0 radical (unpaired) electrons. The quantitative estimate of drug-likeness (QED) is 0.0305. The van der Waals surface area contributed by atoms with E-state index in [0.717, 1.165) is 33.1 Å². The first-order chi connectivity index (χ1) is 41.0. The van der Waals surface area contributed by atoms with Gasteiger partial charge in [0.15, 0.2) is 0 Å². The Hall–Kier alpha value is -8.86. The van der Waals surface area contributed by atoms with Crippen LogP contribution in [0.4, 0.5) is 13.2 Å². The van der Waals surface area contributed by atoms with Gasteiger partial charge in [-0.2, -0.15) is 13.2 Å². The number of imidazole rings is 1. The number of amides is 9. The number of rotatable bonds is 30. The van der Waals surface area contributed by atoms with Crippen molar-refractivity contribution in [1.29, 1.82) is 0 Å². The topological polar surface area (TPSA) is 411 Å². The van der Waals surface area contributed by atoms with Gasteiger partial charge in [-0.25, -0.2) is 9.78 Å². The van der Waals surface area contributed by atoms with Crippen molar-refractivity contribution in [2.24, 2.45) is 29.2 Å². The van der Waals surface area contributed by atoms with Gasteiger partial charge in [0.25, 0.3) is 0 Å². The summed E-state index contributed by atoms with van der Waals surface area (Å²) in [4.78, 5) is 144. The highest BCUT2D eigenvalue weighted by atomic mass is 19.4. The largest absolute Gasteiger partial charge is 0.490 e. The molecule has 0 aliphatic carbocycles. The number of primary amides is 2. The number of carboxylic acids is 1. The zero-order chi connectivity index (χ0) is 64.3. The van der Waals surface area contributed by atoms with E-state index in [1.165, 1.54) is 19.4 Å². The average Bonchev–Trinajstić information content (AvgIpc) is 2.13. The number of halogens is 3. The van der Waals surface area contributed by atoms with Crippen molar-refractivity contribution in [1.82, 2.24) is 67.8 Å². The zero-order valence-electron chi connectivity index (χ0n) is 49.5. The summed E-state index contributed by atoms with van der Waals surface area (Å²) in [6, 6.07) is 7.15. The summed E-state index contributed by atoms with van der Waals surface area (Å²) in [7, 11) is 0.